The quantitative estimate of drug-likeness (QED) is 0.939. The van der Waals surface area contributed by atoms with Gasteiger partial charge in [0.2, 0.25) is 0 Å². The predicted octanol–water partition coefficient (Wildman–Crippen LogP) is 2.81. The van der Waals surface area contributed by atoms with E-state index in [2.05, 4.69) is 0 Å². The summed E-state index contributed by atoms with van der Waals surface area (Å²) in [4.78, 5) is 16.5. The largest absolute Gasteiger partial charge is 0.508 e. The maximum absolute atomic E-state index is 12.7. The van der Waals surface area contributed by atoms with Crippen molar-refractivity contribution >= 4 is 17.3 Å². The minimum Gasteiger partial charge on any atom is -0.508 e. The van der Waals surface area contributed by atoms with Gasteiger partial charge < -0.3 is 19.6 Å². The van der Waals surface area contributed by atoms with Crippen LogP contribution in [-0.2, 0) is 11.2 Å². The lowest BCUT2D eigenvalue weighted by Crippen LogP contribution is -2.46. The molecule has 0 radical (unpaired) electrons. The highest BCUT2D eigenvalue weighted by atomic mass is 16.5. The number of phenols is 1. The molecule has 1 amide bonds. The van der Waals surface area contributed by atoms with Crippen LogP contribution in [0.4, 0.5) is 11.4 Å². The van der Waals surface area contributed by atoms with Gasteiger partial charge in [-0.2, -0.15) is 0 Å². The highest BCUT2D eigenvalue weighted by Gasteiger charge is 2.33. The molecule has 1 unspecified atom stereocenters. The Morgan fingerprint density at radius 1 is 1.17 bits per heavy atom. The first-order valence-corrected chi connectivity index (χ1v) is 8.07. The lowest BCUT2D eigenvalue weighted by molar-refractivity contribution is -0.126. The van der Waals surface area contributed by atoms with Crippen LogP contribution < -0.4 is 14.5 Å². The van der Waals surface area contributed by atoms with E-state index >= 15 is 0 Å². The molecule has 1 heterocycles. The van der Waals surface area contributed by atoms with Crippen molar-refractivity contribution in [3.05, 3.63) is 48.0 Å². The van der Waals surface area contributed by atoms with Crippen molar-refractivity contribution in [3.63, 3.8) is 0 Å². The molecule has 126 valence electrons. The highest BCUT2D eigenvalue weighted by molar-refractivity contribution is 6.00. The molecule has 0 bridgehead atoms. The van der Waals surface area contributed by atoms with Crippen LogP contribution in [0.5, 0.6) is 11.5 Å². The maximum Gasteiger partial charge on any atom is 0.268 e. The van der Waals surface area contributed by atoms with Crippen LogP contribution in [-0.4, -0.2) is 37.8 Å². The van der Waals surface area contributed by atoms with Crippen LogP contribution in [0.25, 0.3) is 0 Å². The number of ether oxygens (including phenoxy) is 1. The fraction of sp³-hybridized carbons (Fsp3) is 0.316. The molecule has 1 N–H and O–H groups in total. The van der Waals surface area contributed by atoms with Gasteiger partial charge in [0.05, 0.1) is 5.69 Å². The third-order valence-corrected chi connectivity index (χ3v) is 4.23. The fourth-order valence-corrected chi connectivity index (χ4v) is 2.92. The topological polar surface area (TPSA) is 53.0 Å². The molecule has 1 aliphatic heterocycles. The number of benzene rings is 2. The summed E-state index contributed by atoms with van der Waals surface area (Å²) in [6, 6.07) is 12.9. The lowest BCUT2D eigenvalue weighted by Gasteiger charge is -2.34. The van der Waals surface area contributed by atoms with Gasteiger partial charge in [0.1, 0.15) is 11.5 Å². The number of hydrogen-bond acceptors (Lipinski definition) is 4. The van der Waals surface area contributed by atoms with Crippen molar-refractivity contribution in [3.8, 4) is 11.5 Å². The molecule has 3 rings (SSSR count). The summed E-state index contributed by atoms with van der Waals surface area (Å²) in [7, 11) is 3.98. The number of nitrogens with zero attached hydrogens (tertiary/aromatic N) is 2. The van der Waals surface area contributed by atoms with E-state index in [1.807, 2.05) is 50.2 Å². The third-order valence-electron chi connectivity index (χ3n) is 4.23. The average molecular weight is 326 g/mol. The Balaban J connectivity index is 1.84. The number of carbonyl (C=O) groups is 1. The van der Waals surface area contributed by atoms with Gasteiger partial charge in [-0.3, -0.25) is 4.79 Å². The van der Waals surface area contributed by atoms with E-state index in [1.54, 1.807) is 23.1 Å². The van der Waals surface area contributed by atoms with Crippen molar-refractivity contribution in [1.82, 2.24) is 0 Å². The van der Waals surface area contributed by atoms with E-state index in [-0.39, 0.29) is 11.7 Å². The van der Waals surface area contributed by atoms with Gasteiger partial charge in [-0.25, -0.2) is 0 Å². The van der Waals surface area contributed by atoms with Crippen LogP contribution in [0.15, 0.2) is 42.5 Å². The fourth-order valence-electron chi connectivity index (χ4n) is 2.92. The van der Waals surface area contributed by atoms with Crippen LogP contribution in [0, 0.1) is 0 Å². The zero-order valence-electron chi connectivity index (χ0n) is 14.2. The molecule has 0 aromatic heterocycles. The summed E-state index contributed by atoms with van der Waals surface area (Å²) in [6.07, 6.45) is -0.0811. The van der Waals surface area contributed by atoms with E-state index in [4.69, 9.17) is 4.74 Å². The molecular formula is C19H22N2O3. The normalized spacial score (nSPS) is 16.5. The third kappa shape index (κ3) is 3.02. The van der Waals surface area contributed by atoms with Gasteiger partial charge >= 0.3 is 0 Å². The summed E-state index contributed by atoms with van der Waals surface area (Å²) in [5.41, 5.74) is 2.86. The second-order valence-corrected chi connectivity index (χ2v) is 6.11. The molecule has 1 aliphatic rings. The van der Waals surface area contributed by atoms with Gasteiger partial charge in [0.25, 0.3) is 5.91 Å². The predicted molar refractivity (Wildman–Crippen MR) is 95.0 cm³/mol. The monoisotopic (exact) mass is 326 g/mol. The zero-order valence-corrected chi connectivity index (χ0v) is 14.2. The zero-order chi connectivity index (χ0) is 17.3. The molecule has 24 heavy (non-hydrogen) atoms. The Hall–Kier alpha value is -2.69. The molecule has 0 saturated heterocycles. The first-order chi connectivity index (χ1) is 11.5. The Morgan fingerprint density at radius 2 is 1.88 bits per heavy atom. The number of amides is 1. The second-order valence-electron chi connectivity index (χ2n) is 6.11. The highest BCUT2D eigenvalue weighted by Crippen LogP contribution is 2.37. The Bertz CT molecular complexity index is 741. The second kappa shape index (κ2) is 6.43. The summed E-state index contributed by atoms with van der Waals surface area (Å²) in [6.45, 7) is 2.50. The lowest BCUT2D eigenvalue weighted by atomic mass is 10.0. The molecule has 2 aromatic rings. The Kier molecular flexibility index (Phi) is 4.34. The van der Waals surface area contributed by atoms with E-state index in [0.717, 1.165) is 11.3 Å². The molecule has 5 heteroatoms. The molecule has 0 aliphatic carbocycles. The average Bonchev–Trinajstić information content (AvgIpc) is 2.56. The van der Waals surface area contributed by atoms with E-state index in [0.29, 0.717) is 24.4 Å². The molecule has 1 atom stereocenters. The molecule has 2 aromatic carbocycles. The summed E-state index contributed by atoms with van der Waals surface area (Å²) >= 11 is 0. The Labute approximate surface area is 142 Å². The number of phenolic OH excluding ortho intramolecular Hbond substituents is 1. The van der Waals surface area contributed by atoms with Gasteiger partial charge in [-0.05, 0) is 36.8 Å². The summed E-state index contributed by atoms with van der Waals surface area (Å²) in [5.74, 6) is 0.631. The molecule has 0 fully saturated rings. The van der Waals surface area contributed by atoms with E-state index in [9.17, 15) is 9.90 Å². The van der Waals surface area contributed by atoms with Gasteiger partial charge in [-0.15, -0.1) is 0 Å². The smallest absolute Gasteiger partial charge is 0.268 e. The molecule has 0 saturated carbocycles. The molecule has 0 spiro atoms. The van der Waals surface area contributed by atoms with Gasteiger partial charge in [-0.1, -0.05) is 12.1 Å². The van der Waals surface area contributed by atoms with Crippen molar-refractivity contribution in [1.29, 1.82) is 0 Å². The number of anilines is 2. The number of hydrogen-bond donors (Lipinski definition) is 1. The molecular weight excluding hydrogens is 304 g/mol. The Morgan fingerprint density at radius 3 is 2.50 bits per heavy atom. The van der Waals surface area contributed by atoms with Gasteiger partial charge in [0.15, 0.2) is 6.10 Å². The first kappa shape index (κ1) is 16.2. The number of likely N-dealkylation sites (N-methyl/N-ethyl adjacent to an activating group) is 1. The van der Waals surface area contributed by atoms with E-state index < -0.39 is 6.10 Å². The summed E-state index contributed by atoms with van der Waals surface area (Å²) in [5, 5.41) is 9.68. The van der Waals surface area contributed by atoms with Crippen molar-refractivity contribution in [2.45, 2.75) is 19.4 Å². The van der Waals surface area contributed by atoms with Crippen molar-refractivity contribution in [2.75, 3.05) is 30.4 Å². The van der Waals surface area contributed by atoms with Gasteiger partial charge in [0, 0.05) is 38.8 Å². The number of aromatic hydroxyl groups is 1. The number of fused-ring (bicyclic) bond motifs is 1. The van der Waals surface area contributed by atoms with Crippen molar-refractivity contribution < 1.29 is 14.6 Å². The minimum atomic E-state index is -0.579. The number of rotatable bonds is 4. The number of carbonyl (C=O) groups excluding carboxylic acids is 1. The van der Waals surface area contributed by atoms with Crippen LogP contribution in [0.2, 0.25) is 0 Å². The van der Waals surface area contributed by atoms with Crippen molar-refractivity contribution in [2.24, 2.45) is 0 Å². The standard InChI is InChI=1S/C19H22N2O3/c1-4-21-16-10-9-15(22)12-17(16)24-18(19(21)23)11-13-5-7-14(8-6-13)20(2)3/h5-10,12,18,22H,4,11H2,1-3H3. The van der Waals surface area contributed by atoms with Crippen LogP contribution in [0.1, 0.15) is 12.5 Å². The summed E-state index contributed by atoms with van der Waals surface area (Å²) < 4.78 is 5.88. The molecule has 5 nitrogen and oxygen atoms in total. The van der Waals surface area contributed by atoms with E-state index in [1.165, 1.54) is 0 Å². The SMILES string of the molecule is CCN1C(=O)C(Cc2ccc(N(C)C)cc2)Oc2cc(O)ccc21. The van der Waals surface area contributed by atoms with Crippen LogP contribution in [0.3, 0.4) is 0 Å². The first-order valence-electron chi connectivity index (χ1n) is 8.07. The van der Waals surface area contributed by atoms with Crippen LogP contribution >= 0.6 is 0 Å². The maximum atomic E-state index is 12.7. The minimum absolute atomic E-state index is 0.0487.